The van der Waals surface area contributed by atoms with Gasteiger partial charge in [-0.2, -0.15) is 0 Å². The van der Waals surface area contributed by atoms with Crippen molar-refractivity contribution in [1.29, 1.82) is 0 Å². The summed E-state index contributed by atoms with van der Waals surface area (Å²) in [5, 5.41) is 0.562. The Labute approximate surface area is 122 Å². The van der Waals surface area contributed by atoms with Gasteiger partial charge in [0.15, 0.2) is 11.6 Å². The number of anilines is 1. The molecule has 2 aromatic carbocycles. The van der Waals surface area contributed by atoms with Gasteiger partial charge in [0.25, 0.3) is 0 Å². The van der Waals surface area contributed by atoms with Crippen LogP contribution in [0.1, 0.15) is 0 Å². The molecule has 100 valence electrons. The minimum atomic E-state index is -0.925. The topological polar surface area (TPSA) is 35.2 Å². The highest BCUT2D eigenvalue weighted by Crippen LogP contribution is 2.38. The lowest BCUT2D eigenvalue weighted by molar-refractivity contribution is 0.472. The Morgan fingerprint density at radius 1 is 0.842 bits per heavy atom. The molecule has 0 saturated heterocycles. The van der Waals surface area contributed by atoms with Crippen LogP contribution < -0.4 is 10.5 Å². The molecule has 2 aromatic rings. The number of benzene rings is 2. The zero-order valence-corrected chi connectivity index (χ0v) is 11.5. The number of nitrogen functional groups attached to an aromatic ring is 1. The second-order valence-corrected chi connectivity index (χ2v) is 4.82. The molecule has 0 saturated carbocycles. The van der Waals surface area contributed by atoms with Crippen molar-refractivity contribution < 1.29 is 13.5 Å². The van der Waals surface area contributed by atoms with E-state index in [4.69, 9.17) is 45.3 Å². The fraction of sp³-hybridized carbons (Fsp3) is 0. The molecule has 0 unspecified atom stereocenters. The standard InChI is InChI=1S/C12H6Cl3F2NO/c13-6-3-8(15)10(4-7(6)14)19-11-2-5(16)1-9(17)12(11)18/h1-4H,18H2. The first-order valence-electron chi connectivity index (χ1n) is 4.95. The number of hydrogen-bond acceptors (Lipinski definition) is 2. The van der Waals surface area contributed by atoms with Crippen LogP contribution in [0.2, 0.25) is 15.1 Å². The molecule has 0 aliphatic heterocycles. The van der Waals surface area contributed by atoms with Gasteiger partial charge >= 0.3 is 0 Å². The van der Waals surface area contributed by atoms with E-state index in [2.05, 4.69) is 0 Å². The third-order valence-electron chi connectivity index (χ3n) is 2.25. The van der Waals surface area contributed by atoms with E-state index in [9.17, 15) is 8.78 Å². The molecule has 2 N–H and O–H groups in total. The maximum atomic E-state index is 13.3. The Balaban J connectivity index is 2.44. The van der Waals surface area contributed by atoms with Crippen molar-refractivity contribution >= 4 is 40.5 Å². The molecule has 7 heteroatoms. The molecule has 2 nitrogen and oxygen atoms in total. The average molecular weight is 325 g/mol. The van der Waals surface area contributed by atoms with Gasteiger partial charge in [-0.1, -0.05) is 34.8 Å². The predicted molar refractivity (Wildman–Crippen MR) is 72.3 cm³/mol. The van der Waals surface area contributed by atoms with Gasteiger partial charge in [0.1, 0.15) is 17.3 Å². The van der Waals surface area contributed by atoms with Crippen LogP contribution in [0.5, 0.6) is 11.5 Å². The molecule has 0 spiro atoms. The normalized spacial score (nSPS) is 10.6. The molecule has 0 radical (unpaired) electrons. The van der Waals surface area contributed by atoms with Gasteiger partial charge in [0, 0.05) is 18.2 Å². The first-order chi connectivity index (χ1) is 8.88. The van der Waals surface area contributed by atoms with E-state index in [-0.39, 0.29) is 32.3 Å². The molecular weight excluding hydrogens is 318 g/mol. The highest BCUT2D eigenvalue weighted by Gasteiger charge is 2.13. The van der Waals surface area contributed by atoms with Crippen LogP contribution in [-0.2, 0) is 0 Å². The van der Waals surface area contributed by atoms with Gasteiger partial charge in [0.05, 0.1) is 15.1 Å². The average Bonchev–Trinajstić information content (AvgIpc) is 2.32. The maximum absolute atomic E-state index is 13.3. The van der Waals surface area contributed by atoms with Crippen LogP contribution in [0.15, 0.2) is 24.3 Å². The molecule has 0 aliphatic carbocycles. The summed E-state index contributed by atoms with van der Waals surface area (Å²) < 4.78 is 31.6. The van der Waals surface area contributed by atoms with Gasteiger partial charge in [-0.05, 0) is 6.07 Å². The van der Waals surface area contributed by atoms with Crippen molar-refractivity contribution in [3.05, 3.63) is 51.0 Å². The van der Waals surface area contributed by atoms with E-state index in [0.29, 0.717) is 6.07 Å². The molecule has 19 heavy (non-hydrogen) atoms. The van der Waals surface area contributed by atoms with Gasteiger partial charge in [-0.3, -0.25) is 0 Å². The molecular formula is C12H6Cl3F2NO. The quantitative estimate of drug-likeness (QED) is 0.601. The van der Waals surface area contributed by atoms with Gasteiger partial charge < -0.3 is 10.5 Å². The van der Waals surface area contributed by atoms with E-state index < -0.39 is 11.6 Å². The summed E-state index contributed by atoms with van der Waals surface area (Å²) in [4.78, 5) is 0. The second kappa shape index (κ2) is 5.41. The molecule has 0 aromatic heterocycles. The third kappa shape index (κ3) is 3.03. The van der Waals surface area contributed by atoms with E-state index >= 15 is 0 Å². The smallest absolute Gasteiger partial charge is 0.156 e. The van der Waals surface area contributed by atoms with Crippen LogP contribution in [0.3, 0.4) is 0 Å². The summed E-state index contributed by atoms with van der Waals surface area (Å²) in [5.41, 5.74) is 5.12. The summed E-state index contributed by atoms with van der Waals surface area (Å²) in [6, 6.07) is 4.27. The first-order valence-corrected chi connectivity index (χ1v) is 6.09. The van der Waals surface area contributed by atoms with Crippen LogP contribution in [0, 0.1) is 11.6 Å². The Morgan fingerprint density at radius 3 is 2.16 bits per heavy atom. The van der Waals surface area contributed by atoms with Crippen LogP contribution in [-0.4, -0.2) is 0 Å². The van der Waals surface area contributed by atoms with Crippen LogP contribution >= 0.6 is 34.8 Å². The Bertz CT molecular complexity index is 649. The van der Waals surface area contributed by atoms with E-state index in [1.807, 2.05) is 0 Å². The van der Waals surface area contributed by atoms with Gasteiger partial charge in [-0.25, -0.2) is 8.78 Å². The molecule has 2 rings (SSSR count). The monoisotopic (exact) mass is 323 g/mol. The molecule has 0 bridgehead atoms. The van der Waals surface area contributed by atoms with Crippen LogP contribution in [0.25, 0.3) is 0 Å². The number of nitrogens with two attached hydrogens (primary N) is 1. The lowest BCUT2D eigenvalue weighted by atomic mass is 10.2. The Morgan fingerprint density at radius 2 is 1.47 bits per heavy atom. The Hall–Kier alpha value is -1.23. The minimum Gasteiger partial charge on any atom is -0.453 e. The van der Waals surface area contributed by atoms with Crippen molar-refractivity contribution in [3.8, 4) is 11.5 Å². The lowest BCUT2D eigenvalue weighted by Crippen LogP contribution is -1.97. The molecule has 0 heterocycles. The van der Waals surface area contributed by atoms with Crippen molar-refractivity contribution in [2.75, 3.05) is 5.73 Å². The highest BCUT2D eigenvalue weighted by atomic mass is 35.5. The summed E-state index contributed by atoms with van der Waals surface area (Å²) >= 11 is 17.4. The zero-order chi connectivity index (χ0) is 14.2. The van der Waals surface area contributed by atoms with E-state index in [1.165, 1.54) is 12.1 Å². The zero-order valence-electron chi connectivity index (χ0n) is 9.18. The summed E-state index contributed by atoms with van der Waals surface area (Å²) in [6.45, 7) is 0. The minimum absolute atomic E-state index is 0.0905. The highest BCUT2D eigenvalue weighted by molar-refractivity contribution is 6.43. The van der Waals surface area contributed by atoms with Gasteiger partial charge in [-0.15, -0.1) is 0 Å². The van der Waals surface area contributed by atoms with E-state index in [0.717, 1.165) is 6.07 Å². The lowest BCUT2D eigenvalue weighted by Gasteiger charge is -2.11. The van der Waals surface area contributed by atoms with E-state index in [1.54, 1.807) is 0 Å². The fourth-order valence-corrected chi connectivity index (χ4v) is 1.92. The fourth-order valence-electron chi connectivity index (χ4n) is 1.35. The van der Waals surface area contributed by atoms with Crippen molar-refractivity contribution in [2.24, 2.45) is 0 Å². The van der Waals surface area contributed by atoms with Gasteiger partial charge in [0.2, 0.25) is 0 Å². The predicted octanol–water partition coefficient (Wildman–Crippen LogP) is 5.30. The summed E-state index contributed by atoms with van der Waals surface area (Å²) in [6.07, 6.45) is 0. The number of hydrogen-bond donors (Lipinski definition) is 1. The molecule has 0 aliphatic rings. The third-order valence-corrected chi connectivity index (χ3v) is 3.27. The summed E-state index contributed by atoms with van der Waals surface area (Å²) in [5.74, 6) is -1.85. The molecule has 0 amide bonds. The maximum Gasteiger partial charge on any atom is 0.156 e. The van der Waals surface area contributed by atoms with Crippen molar-refractivity contribution in [1.82, 2.24) is 0 Å². The van der Waals surface area contributed by atoms with Crippen molar-refractivity contribution in [3.63, 3.8) is 0 Å². The largest absolute Gasteiger partial charge is 0.453 e. The number of rotatable bonds is 2. The first kappa shape index (κ1) is 14.2. The van der Waals surface area contributed by atoms with Crippen molar-refractivity contribution in [2.45, 2.75) is 0 Å². The second-order valence-electron chi connectivity index (χ2n) is 3.60. The SMILES string of the molecule is Nc1c(F)cc(F)cc1Oc1cc(Cl)c(Cl)cc1Cl. The number of halogens is 5. The summed E-state index contributed by atoms with van der Waals surface area (Å²) in [7, 11) is 0. The van der Waals surface area contributed by atoms with Crippen LogP contribution in [0.4, 0.5) is 14.5 Å². The molecule has 0 fully saturated rings. The number of ether oxygens (including phenoxy) is 1. The Kier molecular flexibility index (Phi) is 4.04. The molecule has 0 atom stereocenters.